The highest BCUT2D eigenvalue weighted by Crippen LogP contribution is 2.10. The van der Waals surface area contributed by atoms with Crippen LogP contribution in [0.1, 0.15) is 5.56 Å². The Balaban J connectivity index is 3.02. The van der Waals surface area contributed by atoms with E-state index in [1.165, 1.54) is 0 Å². The van der Waals surface area contributed by atoms with Crippen molar-refractivity contribution >= 4 is 17.0 Å². The molecule has 0 saturated heterocycles. The molecule has 0 fully saturated rings. The van der Waals surface area contributed by atoms with Crippen molar-refractivity contribution in [3.63, 3.8) is 0 Å². The molecule has 0 atom stereocenters. The number of pyridine rings is 1. The Morgan fingerprint density at radius 1 is 1.36 bits per heavy atom. The molecule has 0 amide bonds. The second-order valence-electron chi connectivity index (χ2n) is 3.25. The lowest BCUT2D eigenvalue weighted by Gasteiger charge is -2.05. The number of nitrogens with zero attached hydrogens (tertiary/aromatic N) is 1. The number of hydrogen-bond donors (Lipinski definition) is 0. The van der Waals surface area contributed by atoms with E-state index < -0.39 is 0 Å². The Kier molecular flexibility index (Phi) is 1.97. The van der Waals surface area contributed by atoms with Crippen LogP contribution in [0.5, 0.6) is 0 Å². The first-order valence-electron chi connectivity index (χ1n) is 4.45. The van der Waals surface area contributed by atoms with Crippen LogP contribution in [-0.2, 0) is 7.05 Å². The minimum absolute atomic E-state index is 0.0497. The molecule has 14 heavy (non-hydrogen) atoms. The second kappa shape index (κ2) is 3.14. The zero-order valence-electron chi connectivity index (χ0n) is 8.03. The molecular weight excluding hydrogens is 174 g/mol. The number of fused-ring (bicyclic) bond motifs is 1. The fraction of sp³-hybridized carbons (Fsp3) is 0.0833. The number of rotatable bonds is 1. The van der Waals surface area contributed by atoms with E-state index in [2.05, 4.69) is 6.58 Å². The Morgan fingerprint density at radius 3 is 2.79 bits per heavy atom. The van der Waals surface area contributed by atoms with Gasteiger partial charge in [0.15, 0.2) is 5.43 Å². The largest absolute Gasteiger partial charge is 0.350 e. The molecule has 1 aromatic carbocycles. The van der Waals surface area contributed by atoms with Gasteiger partial charge >= 0.3 is 0 Å². The van der Waals surface area contributed by atoms with E-state index in [9.17, 15) is 4.79 Å². The molecule has 0 aliphatic rings. The SMILES string of the molecule is C=Cc1cn(C)c2ccccc2c1=O. The molecule has 0 aliphatic carbocycles. The lowest BCUT2D eigenvalue weighted by Crippen LogP contribution is -2.09. The molecule has 0 bridgehead atoms. The predicted molar refractivity (Wildman–Crippen MR) is 59.3 cm³/mol. The fourth-order valence-corrected chi connectivity index (χ4v) is 1.61. The molecule has 0 radical (unpaired) electrons. The zero-order chi connectivity index (χ0) is 10.1. The smallest absolute Gasteiger partial charge is 0.196 e. The van der Waals surface area contributed by atoms with Crippen molar-refractivity contribution in [2.75, 3.05) is 0 Å². The predicted octanol–water partition coefficient (Wildman–Crippen LogP) is 2.18. The molecule has 2 heteroatoms. The number of aromatic nitrogens is 1. The third-order valence-electron chi connectivity index (χ3n) is 2.34. The summed E-state index contributed by atoms with van der Waals surface area (Å²) in [6.07, 6.45) is 3.40. The van der Waals surface area contributed by atoms with Gasteiger partial charge in [-0.1, -0.05) is 24.8 Å². The van der Waals surface area contributed by atoms with E-state index >= 15 is 0 Å². The fourth-order valence-electron chi connectivity index (χ4n) is 1.61. The molecular formula is C12H11NO. The molecule has 2 rings (SSSR count). The van der Waals surface area contributed by atoms with E-state index in [-0.39, 0.29) is 5.43 Å². The van der Waals surface area contributed by atoms with Gasteiger partial charge in [0.2, 0.25) is 0 Å². The summed E-state index contributed by atoms with van der Waals surface area (Å²) < 4.78 is 1.94. The van der Waals surface area contributed by atoms with Crippen molar-refractivity contribution in [3.05, 3.63) is 52.8 Å². The van der Waals surface area contributed by atoms with E-state index in [1.807, 2.05) is 35.9 Å². The van der Waals surface area contributed by atoms with E-state index in [4.69, 9.17) is 0 Å². The molecule has 0 unspecified atom stereocenters. The summed E-state index contributed by atoms with van der Waals surface area (Å²) >= 11 is 0. The topological polar surface area (TPSA) is 22.0 Å². The van der Waals surface area contributed by atoms with Gasteiger partial charge in [0, 0.05) is 24.2 Å². The normalized spacial score (nSPS) is 10.4. The number of aryl methyl sites for hydroxylation is 1. The summed E-state index contributed by atoms with van der Waals surface area (Å²) in [7, 11) is 1.93. The van der Waals surface area contributed by atoms with Crippen LogP contribution in [0.15, 0.2) is 41.8 Å². The molecule has 2 nitrogen and oxygen atoms in total. The van der Waals surface area contributed by atoms with Crippen LogP contribution in [0.2, 0.25) is 0 Å². The first-order chi connectivity index (χ1) is 6.74. The second-order valence-corrected chi connectivity index (χ2v) is 3.25. The molecule has 0 aliphatic heterocycles. The third kappa shape index (κ3) is 1.16. The highest BCUT2D eigenvalue weighted by molar-refractivity contribution is 5.80. The van der Waals surface area contributed by atoms with E-state index in [1.54, 1.807) is 12.3 Å². The Morgan fingerprint density at radius 2 is 2.07 bits per heavy atom. The van der Waals surface area contributed by atoms with Gasteiger partial charge in [0.25, 0.3) is 0 Å². The van der Waals surface area contributed by atoms with Gasteiger partial charge < -0.3 is 4.57 Å². The number of para-hydroxylation sites is 1. The molecule has 0 saturated carbocycles. The summed E-state index contributed by atoms with van der Waals surface area (Å²) in [5, 5.41) is 0.743. The quantitative estimate of drug-likeness (QED) is 0.667. The van der Waals surface area contributed by atoms with Gasteiger partial charge in [-0.05, 0) is 12.1 Å². The lowest BCUT2D eigenvalue weighted by molar-refractivity contribution is 0.947. The van der Waals surface area contributed by atoms with Crippen molar-refractivity contribution in [2.24, 2.45) is 7.05 Å². The van der Waals surface area contributed by atoms with Crippen molar-refractivity contribution < 1.29 is 0 Å². The molecule has 2 aromatic rings. The van der Waals surface area contributed by atoms with Crippen molar-refractivity contribution in [1.82, 2.24) is 4.57 Å². The summed E-state index contributed by atoms with van der Waals surface area (Å²) in [6.45, 7) is 3.63. The first kappa shape index (κ1) is 8.75. The minimum atomic E-state index is 0.0497. The van der Waals surface area contributed by atoms with Crippen molar-refractivity contribution in [2.45, 2.75) is 0 Å². The van der Waals surface area contributed by atoms with Gasteiger partial charge in [-0.15, -0.1) is 0 Å². The maximum atomic E-state index is 11.8. The lowest BCUT2D eigenvalue weighted by atomic mass is 10.1. The molecule has 0 spiro atoms. The Hall–Kier alpha value is -1.83. The van der Waals surface area contributed by atoms with E-state index in [0.29, 0.717) is 5.56 Å². The van der Waals surface area contributed by atoms with Crippen LogP contribution in [-0.4, -0.2) is 4.57 Å². The van der Waals surface area contributed by atoms with Gasteiger partial charge in [-0.2, -0.15) is 0 Å². The molecule has 1 heterocycles. The molecule has 1 aromatic heterocycles. The average Bonchev–Trinajstić information content (AvgIpc) is 2.23. The zero-order valence-corrected chi connectivity index (χ0v) is 8.03. The van der Waals surface area contributed by atoms with Crippen molar-refractivity contribution in [3.8, 4) is 0 Å². The third-order valence-corrected chi connectivity index (χ3v) is 2.34. The monoisotopic (exact) mass is 185 g/mol. The standard InChI is InChI=1S/C12H11NO/c1-3-9-8-13(2)11-7-5-4-6-10(11)12(9)14/h3-8H,1H2,2H3. The van der Waals surface area contributed by atoms with Gasteiger partial charge in [-0.25, -0.2) is 0 Å². The van der Waals surface area contributed by atoms with Crippen molar-refractivity contribution in [1.29, 1.82) is 0 Å². The van der Waals surface area contributed by atoms with Gasteiger partial charge in [-0.3, -0.25) is 4.79 Å². The van der Waals surface area contributed by atoms with Crippen LogP contribution in [0.25, 0.3) is 17.0 Å². The van der Waals surface area contributed by atoms with Crippen LogP contribution in [0.3, 0.4) is 0 Å². The van der Waals surface area contributed by atoms with Crippen LogP contribution in [0.4, 0.5) is 0 Å². The minimum Gasteiger partial charge on any atom is -0.350 e. The highest BCUT2D eigenvalue weighted by Gasteiger charge is 2.03. The van der Waals surface area contributed by atoms with E-state index in [0.717, 1.165) is 10.9 Å². The summed E-state index contributed by atoms with van der Waals surface area (Å²) in [4.78, 5) is 11.8. The van der Waals surface area contributed by atoms with Gasteiger partial charge in [0.1, 0.15) is 0 Å². The summed E-state index contributed by atoms with van der Waals surface area (Å²) in [5.41, 5.74) is 1.64. The maximum absolute atomic E-state index is 11.8. The first-order valence-corrected chi connectivity index (χ1v) is 4.45. The Bertz CT molecular complexity index is 552. The maximum Gasteiger partial charge on any atom is 0.196 e. The average molecular weight is 185 g/mol. The Labute approximate surface area is 82.1 Å². The highest BCUT2D eigenvalue weighted by atomic mass is 16.1. The molecule has 0 N–H and O–H groups in total. The van der Waals surface area contributed by atoms with Crippen LogP contribution >= 0.6 is 0 Å². The summed E-state index contributed by atoms with van der Waals surface area (Å²) in [6, 6.07) is 7.57. The summed E-state index contributed by atoms with van der Waals surface area (Å²) in [5.74, 6) is 0. The van der Waals surface area contributed by atoms with Crippen LogP contribution < -0.4 is 5.43 Å². The number of benzene rings is 1. The number of hydrogen-bond acceptors (Lipinski definition) is 1. The van der Waals surface area contributed by atoms with Crippen LogP contribution in [0, 0.1) is 0 Å². The van der Waals surface area contributed by atoms with Gasteiger partial charge in [0.05, 0.1) is 5.52 Å². The molecule has 70 valence electrons.